The zero-order chi connectivity index (χ0) is 9.14. The second kappa shape index (κ2) is 3.76. The molecule has 2 atom stereocenters. The summed E-state index contributed by atoms with van der Waals surface area (Å²) in [4.78, 5) is 12.7. The predicted molar refractivity (Wildman–Crippen MR) is 43.8 cm³/mol. The maximum atomic E-state index is 11.0. The first-order valence-corrected chi connectivity index (χ1v) is 4.16. The van der Waals surface area contributed by atoms with Crippen LogP contribution in [0.5, 0.6) is 0 Å². The number of amides is 1. The van der Waals surface area contributed by atoms with E-state index in [4.69, 9.17) is 5.11 Å². The van der Waals surface area contributed by atoms with Crippen molar-refractivity contribution in [2.75, 3.05) is 20.3 Å². The first-order chi connectivity index (χ1) is 5.70. The number of aliphatic hydroxyl groups is 1. The maximum Gasteiger partial charge on any atom is 0.409 e. The van der Waals surface area contributed by atoms with Gasteiger partial charge in [-0.2, -0.15) is 0 Å². The molecule has 0 aromatic carbocycles. The van der Waals surface area contributed by atoms with E-state index in [0.717, 1.165) is 13.0 Å². The summed E-state index contributed by atoms with van der Waals surface area (Å²) in [5, 5.41) is 8.86. The molecule has 1 amide bonds. The Kier molecular flexibility index (Phi) is 2.92. The van der Waals surface area contributed by atoms with Crippen LogP contribution in [0.25, 0.3) is 0 Å². The smallest absolute Gasteiger partial charge is 0.409 e. The molecule has 1 heterocycles. The first kappa shape index (κ1) is 9.32. The average molecular weight is 173 g/mol. The molecule has 4 heteroatoms. The number of carbonyl (C=O) groups is 1. The summed E-state index contributed by atoms with van der Waals surface area (Å²) in [5.41, 5.74) is 0. The molecule has 1 aliphatic rings. The van der Waals surface area contributed by atoms with Crippen molar-refractivity contribution in [1.82, 2.24) is 4.90 Å². The molecule has 2 unspecified atom stereocenters. The second-order valence-electron chi connectivity index (χ2n) is 3.18. The topological polar surface area (TPSA) is 49.8 Å². The fourth-order valence-corrected chi connectivity index (χ4v) is 1.46. The SMILES string of the molecule is COC(=O)N1CCC1C(C)CO. The molecule has 12 heavy (non-hydrogen) atoms. The Labute approximate surface area is 72.1 Å². The minimum Gasteiger partial charge on any atom is -0.453 e. The fourth-order valence-electron chi connectivity index (χ4n) is 1.46. The van der Waals surface area contributed by atoms with Crippen molar-refractivity contribution in [3.05, 3.63) is 0 Å². The monoisotopic (exact) mass is 173 g/mol. The third kappa shape index (κ3) is 1.53. The second-order valence-corrected chi connectivity index (χ2v) is 3.18. The Morgan fingerprint density at radius 3 is 2.83 bits per heavy atom. The molecule has 0 radical (unpaired) electrons. The third-order valence-electron chi connectivity index (χ3n) is 2.42. The summed E-state index contributed by atoms with van der Waals surface area (Å²) in [6.45, 7) is 2.81. The van der Waals surface area contributed by atoms with Gasteiger partial charge < -0.3 is 14.7 Å². The molecule has 0 aromatic rings. The van der Waals surface area contributed by atoms with Gasteiger partial charge in [0, 0.05) is 19.2 Å². The normalized spacial score (nSPS) is 24.6. The Balaban J connectivity index is 2.43. The van der Waals surface area contributed by atoms with Crippen molar-refractivity contribution < 1.29 is 14.6 Å². The van der Waals surface area contributed by atoms with Gasteiger partial charge in [-0.25, -0.2) is 4.79 Å². The van der Waals surface area contributed by atoms with Crippen LogP contribution in [-0.2, 0) is 4.74 Å². The van der Waals surface area contributed by atoms with Crippen molar-refractivity contribution >= 4 is 6.09 Å². The van der Waals surface area contributed by atoms with Crippen molar-refractivity contribution in [1.29, 1.82) is 0 Å². The molecule has 1 aliphatic heterocycles. The summed E-state index contributed by atoms with van der Waals surface area (Å²) in [7, 11) is 1.38. The van der Waals surface area contributed by atoms with Gasteiger partial charge in [0.05, 0.1) is 7.11 Å². The van der Waals surface area contributed by atoms with Gasteiger partial charge in [0.1, 0.15) is 0 Å². The molecule has 1 rings (SSSR count). The Morgan fingerprint density at radius 1 is 1.83 bits per heavy atom. The molecule has 4 nitrogen and oxygen atoms in total. The number of nitrogens with zero attached hydrogens (tertiary/aromatic N) is 1. The Hall–Kier alpha value is -0.770. The highest BCUT2D eigenvalue weighted by atomic mass is 16.5. The van der Waals surface area contributed by atoms with Crippen molar-refractivity contribution in [3.63, 3.8) is 0 Å². The number of carbonyl (C=O) groups excluding carboxylic acids is 1. The molecule has 0 aliphatic carbocycles. The van der Waals surface area contributed by atoms with Gasteiger partial charge in [-0.3, -0.25) is 0 Å². The highest BCUT2D eigenvalue weighted by Crippen LogP contribution is 2.24. The summed E-state index contributed by atoms with van der Waals surface area (Å²) in [5.74, 6) is 0.151. The van der Waals surface area contributed by atoms with Gasteiger partial charge in [-0.1, -0.05) is 6.92 Å². The van der Waals surface area contributed by atoms with Crippen molar-refractivity contribution in [3.8, 4) is 0 Å². The standard InChI is InChI=1S/C8H15NO3/c1-6(5-10)7-3-4-9(7)8(11)12-2/h6-7,10H,3-5H2,1-2H3. The van der Waals surface area contributed by atoms with Crippen LogP contribution in [0.15, 0.2) is 0 Å². The Morgan fingerprint density at radius 2 is 2.50 bits per heavy atom. The van der Waals surface area contributed by atoms with Crippen LogP contribution in [0.2, 0.25) is 0 Å². The number of likely N-dealkylation sites (tertiary alicyclic amines) is 1. The highest BCUT2D eigenvalue weighted by molar-refractivity contribution is 5.68. The molecule has 1 N–H and O–H groups in total. The van der Waals surface area contributed by atoms with Crippen LogP contribution in [0.3, 0.4) is 0 Å². The summed E-state index contributed by atoms with van der Waals surface area (Å²) in [6.07, 6.45) is 0.683. The van der Waals surface area contributed by atoms with E-state index in [-0.39, 0.29) is 24.7 Å². The number of hydrogen-bond acceptors (Lipinski definition) is 3. The molecular weight excluding hydrogens is 158 g/mol. The number of hydrogen-bond donors (Lipinski definition) is 1. The highest BCUT2D eigenvalue weighted by Gasteiger charge is 2.36. The summed E-state index contributed by atoms with van der Waals surface area (Å²) in [6, 6.07) is 0.169. The zero-order valence-corrected chi connectivity index (χ0v) is 7.49. The molecule has 0 aromatic heterocycles. The van der Waals surface area contributed by atoms with Crippen LogP contribution < -0.4 is 0 Å². The lowest BCUT2D eigenvalue weighted by Crippen LogP contribution is -2.54. The average Bonchev–Trinajstić information content (AvgIpc) is 2.02. The van der Waals surface area contributed by atoms with Crippen molar-refractivity contribution in [2.45, 2.75) is 19.4 Å². The summed E-state index contributed by atoms with van der Waals surface area (Å²) < 4.78 is 4.58. The van der Waals surface area contributed by atoms with Crippen LogP contribution >= 0.6 is 0 Å². The molecule has 0 saturated carbocycles. The van der Waals surface area contributed by atoms with E-state index in [9.17, 15) is 4.79 Å². The lowest BCUT2D eigenvalue weighted by molar-refractivity contribution is 0.0244. The number of rotatable bonds is 2. The van der Waals surface area contributed by atoms with Crippen LogP contribution in [0.1, 0.15) is 13.3 Å². The van der Waals surface area contributed by atoms with E-state index in [1.54, 1.807) is 4.90 Å². The van der Waals surface area contributed by atoms with E-state index < -0.39 is 0 Å². The molecule has 1 saturated heterocycles. The fraction of sp³-hybridized carbons (Fsp3) is 0.875. The van der Waals surface area contributed by atoms with E-state index in [0.29, 0.717) is 0 Å². The van der Waals surface area contributed by atoms with Crippen LogP contribution in [0.4, 0.5) is 4.79 Å². The molecular formula is C8H15NO3. The predicted octanol–water partition coefficient (Wildman–Crippen LogP) is 0.456. The van der Waals surface area contributed by atoms with E-state index in [1.807, 2.05) is 6.92 Å². The number of methoxy groups -OCH3 is 1. The maximum absolute atomic E-state index is 11.0. The van der Waals surface area contributed by atoms with Gasteiger partial charge in [0.2, 0.25) is 0 Å². The summed E-state index contributed by atoms with van der Waals surface area (Å²) >= 11 is 0. The quantitative estimate of drug-likeness (QED) is 0.659. The first-order valence-electron chi connectivity index (χ1n) is 4.16. The molecule has 0 bridgehead atoms. The van der Waals surface area contributed by atoms with Gasteiger partial charge >= 0.3 is 6.09 Å². The Bertz CT molecular complexity index is 172. The molecule has 70 valence electrons. The zero-order valence-electron chi connectivity index (χ0n) is 7.49. The molecule has 0 spiro atoms. The van der Waals surface area contributed by atoms with Gasteiger partial charge in [-0.05, 0) is 12.3 Å². The number of aliphatic hydroxyl groups excluding tert-OH is 1. The van der Waals surface area contributed by atoms with E-state index in [2.05, 4.69) is 4.74 Å². The van der Waals surface area contributed by atoms with Crippen LogP contribution in [0, 0.1) is 5.92 Å². The minimum absolute atomic E-state index is 0.123. The lowest BCUT2D eigenvalue weighted by atomic mass is 9.92. The van der Waals surface area contributed by atoms with E-state index in [1.165, 1.54) is 7.11 Å². The van der Waals surface area contributed by atoms with Gasteiger partial charge in [0.15, 0.2) is 0 Å². The van der Waals surface area contributed by atoms with Crippen molar-refractivity contribution in [2.24, 2.45) is 5.92 Å². The lowest BCUT2D eigenvalue weighted by Gasteiger charge is -2.42. The minimum atomic E-state index is -0.286. The van der Waals surface area contributed by atoms with Crippen LogP contribution in [-0.4, -0.2) is 42.4 Å². The van der Waals surface area contributed by atoms with E-state index >= 15 is 0 Å². The van der Waals surface area contributed by atoms with Gasteiger partial charge in [-0.15, -0.1) is 0 Å². The molecule has 1 fully saturated rings. The van der Waals surface area contributed by atoms with Gasteiger partial charge in [0.25, 0.3) is 0 Å². The third-order valence-corrected chi connectivity index (χ3v) is 2.42. The number of ether oxygens (including phenoxy) is 1. The largest absolute Gasteiger partial charge is 0.453 e.